The topological polar surface area (TPSA) is 165 Å². The Morgan fingerprint density at radius 3 is 2.42 bits per heavy atom. The summed E-state index contributed by atoms with van der Waals surface area (Å²) in [5.41, 5.74) is 0.358. The zero-order valence-corrected chi connectivity index (χ0v) is 13.2. The Kier molecular flexibility index (Phi) is 3.07. The zero-order chi connectivity index (χ0) is 18.7. The van der Waals surface area contributed by atoms with E-state index in [1.165, 1.54) is 6.08 Å². The number of aliphatic carboxylic acids is 3. The van der Waals surface area contributed by atoms with Crippen LogP contribution in [0, 0.1) is 6.92 Å². The lowest BCUT2D eigenvalue weighted by molar-refractivity contribution is -0.133. The number of imidazole rings is 1. The Morgan fingerprint density at radius 2 is 1.81 bits per heavy atom. The molecule has 3 heterocycles. The molecule has 0 amide bonds. The second-order valence-electron chi connectivity index (χ2n) is 5.80. The molecule has 4 N–H and O–H groups in total. The third kappa shape index (κ3) is 2.05. The van der Waals surface area contributed by atoms with Gasteiger partial charge in [-0.05, 0) is 13.0 Å². The fourth-order valence-electron chi connectivity index (χ4n) is 3.13. The SMILES string of the molecule is Cc1nc2c3c(c4c(c2[nH]1)C=C(C(=O)O)N=4)=C(C(=O)O)CC(C(=O)O)=N3. The van der Waals surface area contributed by atoms with Crippen LogP contribution in [-0.2, 0) is 14.4 Å². The molecule has 10 heteroatoms. The normalized spacial score (nSPS) is 15.0. The van der Waals surface area contributed by atoms with Gasteiger partial charge in [-0.1, -0.05) is 0 Å². The first-order valence-corrected chi connectivity index (χ1v) is 7.41. The van der Waals surface area contributed by atoms with Crippen LogP contribution in [0.25, 0.3) is 22.7 Å². The van der Waals surface area contributed by atoms with Gasteiger partial charge in [-0.3, -0.25) is 0 Å². The molecule has 0 aliphatic carbocycles. The molecule has 0 bridgehead atoms. The van der Waals surface area contributed by atoms with Crippen molar-refractivity contribution in [3.8, 4) is 0 Å². The van der Waals surface area contributed by atoms with Crippen LogP contribution < -0.4 is 10.6 Å². The summed E-state index contributed by atoms with van der Waals surface area (Å²) in [7, 11) is 0. The Labute approximate surface area is 143 Å². The standard InChI is InChI=1S/C16H10N4O6/c1-4-17-11-6-3-8(16(25)26)19-10(6)9-5(14(21)22)2-7(15(23)24)20-12(9)13(11)18-4/h3H,2H2,1H3,(H,17,18)(H,21,22)(H,23,24)(H,25,26). The molecule has 0 spiro atoms. The molecule has 2 aromatic rings. The first-order chi connectivity index (χ1) is 12.3. The number of carboxylic acids is 3. The number of carbonyl (C=O) groups is 3. The molecule has 2 aliphatic heterocycles. The van der Waals surface area contributed by atoms with Crippen molar-refractivity contribution in [2.45, 2.75) is 13.3 Å². The van der Waals surface area contributed by atoms with Crippen molar-refractivity contribution < 1.29 is 29.7 Å². The van der Waals surface area contributed by atoms with Crippen molar-refractivity contribution >= 4 is 52.0 Å². The lowest BCUT2D eigenvalue weighted by Crippen LogP contribution is -2.36. The monoisotopic (exact) mass is 354 g/mol. The van der Waals surface area contributed by atoms with Gasteiger partial charge >= 0.3 is 17.9 Å². The summed E-state index contributed by atoms with van der Waals surface area (Å²) >= 11 is 0. The van der Waals surface area contributed by atoms with Crippen LogP contribution in [0.4, 0.5) is 5.69 Å². The smallest absolute Gasteiger partial charge is 0.354 e. The number of aliphatic imine (C=N–C) groups is 1. The summed E-state index contributed by atoms with van der Waals surface area (Å²) < 4.78 is 0. The molecule has 0 atom stereocenters. The van der Waals surface area contributed by atoms with E-state index in [1.54, 1.807) is 6.92 Å². The average molecular weight is 354 g/mol. The van der Waals surface area contributed by atoms with E-state index in [2.05, 4.69) is 20.0 Å². The fraction of sp³-hybridized carbons (Fsp3) is 0.125. The van der Waals surface area contributed by atoms with Gasteiger partial charge in [-0.2, -0.15) is 0 Å². The van der Waals surface area contributed by atoms with Crippen LogP contribution >= 0.6 is 0 Å². The van der Waals surface area contributed by atoms with Crippen LogP contribution in [0.15, 0.2) is 15.7 Å². The van der Waals surface area contributed by atoms with Crippen molar-refractivity contribution in [3.63, 3.8) is 0 Å². The van der Waals surface area contributed by atoms with Gasteiger partial charge in [0.25, 0.3) is 0 Å². The third-order valence-electron chi connectivity index (χ3n) is 4.17. The Bertz CT molecular complexity index is 1250. The van der Waals surface area contributed by atoms with E-state index >= 15 is 0 Å². The fourth-order valence-corrected chi connectivity index (χ4v) is 3.13. The van der Waals surface area contributed by atoms with Crippen LogP contribution in [0.3, 0.4) is 0 Å². The molecule has 0 fully saturated rings. The van der Waals surface area contributed by atoms with Gasteiger partial charge in [0, 0.05) is 17.2 Å². The number of nitrogens with zero attached hydrogens (tertiary/aromatic N) is 3. The van der Waals surface area contributed by atoms with Crippen molar-refractivity contribution in [1.29, 1.82) is 0 Å². The second kappa shape index (κ2) is 5.09. The van der Waals surface area contributed by atoms with Gasteiger partial charge in [-0.15, -0.1) is 0 Å². The molecule has 4 rings (SSSR count). The lowest BCUT2D eigenvalue weighted by atomic mass is 9.98. The van der Waals surface area contributed by atoms with Crippen molar-refractivity contribution in [1.82, 2.24) is 9.97 Å². The number of aromatic amines is 1. The van der Waals surface area contributed by atoms with E-state index in [0.29, 0.717) is 16.9 Å². The van der Waals surface area contributed by atoms with E-state index in [1.807, 2.05) is 0 Å². The molecule has 26 heavy (non-hydrogen) atoms. The summed E-state index contributed by atoms with van der Waals surface area (Å²) in [6.45, 7) is 1.67. The first-order valence-electron chi connectivity index (χ1n) is 7.41. The Morgan fingerprint density at radius 1 is 1.08 bits per heavy atom. The summed E-state index contributed by atoms with van der Waals surface area (Å²) in [5.74, 6) is -3.44. The van der Waals surface area contributed by atoms with Gasteiger partial charge in [0.1, 0.15) is 28.4 Å². The largest absolute Gasteiger partial charge is 0.478 e. The lowest BCUT2D eigenvalue weighted by Gasteiger charge is -2.12. The highest BCUT2D eigenvalue weighted by molar-refractivity contribution is 6.40. The van der Waals surface area contributed by atoms with Crippen molar-refractivity contribution in [2.24, 2.45) is 9.98 Å². The van der Waals surface area contributed by atoms with Crippen LogP contribution in [0.2, 0.25) is 0 Å². The molecular formula is C16H10N4O6. The summed E-state index contributed by atoms with van der Waals surface area (Å²) in [6.07, 6.45) is 0.921. The third-order valence-corrected chi connectivity index (χ3v) is 4.17. The van der Waals surface area contributed by atoms with Gasteiger partial charge in [0.15, 0.2) is 0 Å². The second-order valence-corrected chi connectivity index (χ2v) is 5.80. The number of aryl methyl sites for hydroxylation is 1. The molecule has 130 valence electrons. The highest BCUT2D eigenvalue weighted by atomic mass is 16.4. The summed E-state index contributed by atoms with van der Waals surface area (Å²) in [4.78, 5) is 49.8. The van der Waals surface area contributed by atoms with Gasteiger partial charge in [0.2, 0.25) is 0 Å². The van der Waals surface area contributed by atoms with E-state index in [0.717, 1.165) is 0 Å². The van der Waals surface area contributed by atoms with Gasteiger partial charge in [0.05, 0.1) is 16.4 Å². The molecule has 0 saturated heterocycles. The van der Waals surface area contributed by atoms with E-state index in [9.17, 15) is 29.7 Å². The highest BCUT2D eigenvalue weighted by Crippen LogP contribution is 2.28. The zero-order valence-electron chi connectivity index (χ0n) is 13.2. The number of rotatable bonds is 3. The molecule has 1 aromatic heterocycles. The quantitative estimate of drug-likeness (QED) is 0.588. The maximum absolute atomic E-state index is 11.8. The maximum Gasteiger partial charge on any atom is 0.354 e. The minimum Gasteiger partial charge on any atom is -0.478 e. The van der Waals surface area contributed by atoms with E-state index in [4.69, 9.17) is 0 Å². The summed E-state index contributed by atoms with van der Waals surface area (Å²) in [6, 6.07) is 0. The number of carboxylic acid groups (broad SMARTS) is 3. The number of nitrogens with one attached hydrogen (secondary N) is 1. The number of fused-ring (bicyclic) bond motifs is 6. The molecule has 10 nitrogen and oxygen atoms in total. The molecule has 0 saturated carbocycles. The van der Waals surface area contributed by atoms with E-state index < -0.39 is 24.3 Å². The highest BCUT2D eigenvalue weighted by Gasteiger charge is 2.29. The number of H-pyrrole nitrogens is 1. The molecule has 2 aliphatic rings. The van der Waals surface area contributed by atoms with E-state index in [-0.39, 0.29) is 38.8 Å². The van der Waals surface area contributed by atoms with Crippen LogP contribution in [-0.4, -0.2) is 48.9 Å². The van der Waals surface area contributed by atoms with Gasteiger partial charge < -0.3 is 20.3 Å². The molecular weight excluding hydrogens is 344 g/mol. The molecule has 0 unspecified atom stereocenters. The predicted octanol–water partition coefficient (Wildman–Crippen LogP) is -0.274. The maximum atomic E-state index is 11.8. The average Bonchev–Trinajstić information content (AvgIpc) is 3.17. The summed E-state index contributed by atoms with van der Waals surface area (Å²) in [5, 5.41) is 28.3. The number of hydrogen-bond donors (Lipinski definition) is 4. The van der Waals surface area contributed by atoms with Crippen LogP contribution in [0.1, 0.15) is 17.8 Å². The molecule has 1 aromatic carbocycles. The van der Waals surface area contributed by atoms with Crippen LogP contribution in [0.5, 0.6) is 0 Å². The van der Waals surface area contributed by atoms with Gasteiger partial charge in [-0.25, -0.2) is 29.4 Å². The first kappa shape index (κ1) is 15.7. The minimum absolute atomic E-state index is 0.0629. The Balaban J connectivity index is 2.27. The predicted molar refractivity (Wildman–Crippen MR) is 87.6 cm³/mol. The number of benzene rings is 1. The molecule has 0 radical (unpaired) electrons. The van der Waals surface area contributed by atoms with Crippen molar-refractivity contribution in [2.75, 3.05) is 0 Å². The Hall–Kier alpha value is -3.82. The number of aromatic nitrogens is 2. The minimum atomic E-state index is -1.34. The number of hydrogen-bond acceptors (Lipinski definition) is 6. The van der Waals surface area contributed by atoms with Crippen molar-refractivity contribution in [3.05, 3.63) is 27.7 Å².